The van der Waals surface area contributed by atoms with Crippen LogP contribution >= 0.6 is 0 Å². The van der Waals surface area contributed by atoms with Crippen LogP contribution in [0.25, 0.3) is 0 Å². The van der Waals surface area contributed by atoms with Crippen LogP contribution in [-0.4, -0.2) is 17.4 Å². The van der Waals surface area contributed by atoms with Crippen LogP contribution in [0.1, 0.15) is 25.7 Å². The van der Waals surface area contributed by atoms with Crippen molar-refractivity contribution in [2.24, 2.45) is 5.92 Å². The number of hydrogen-bond acceptors (Lipinski definition) is 1. The van der Waals surface area contributed by atoms with Crippen molar-refractivity contribution in [3.05, 3.63) is 12.2 Å². The van der Waals surface area contributed by atoms with Gasteiger partial charge >= 0.3 is 6.18 Å². The number of halogens is 3. The predicted octanol–water partition coefficient (Wildman–Crippen LogP) is 2.66. The van der Waals surface area contributed by atoms with Crippen LogP contribution in [0.3, 0.4) is 0 Å². The molecule has 0 saturated carbocycles. The summed E-state index contributed by atoms with van der Waals surface area (Å²) in [6.45, 7) is 0. The molecule has 0 saturated heterocycles. The molecule has 0 spiro atoms. The van der Waals surface area contributed by atoms with Gasteiger partial charge in [-0.3, -0.25) is 0 Å². The summed E-state index contributed by atoms with van der Waals surface area (Å²) >= 11 is 0. The third-order valence-corrected chi connectivity index (χ3v) is 2.31. The largest absolute Gasteiger partial charge is 0.414 e. The van der Waals surface area contributed by atoms with Gasteiger partial charge in [-0.15, -0.1) is 0 Å². The Morgan fingerprint density at radius 2 is 2.08 bits per heavy atom. The van der Waals surface area contributed by atoms with E-state index in [9.17, 15) is 13.2 Å². The SMILES string of the molecule is O[C@H](CC1CC=CCC1)C(F)(F)F. The lowest BCUT2D eigenvalue weighted by atomic mass is 9.89. The fourth-order valence-electron chi connectivity index (χ4n) is 1.52. The number of allylic oxidation sites excluding steroid dienone is 2. The molecule has 0 aromatic rings. The average Bonchev–Trinajstić information content (AvgIpc) is 2.04. The van der Waals surface area contributed by atoms with Crippen LogP contribution in [0.2, 0.25) is 0 Å². The molecule has 76 valence electrons. The number of rotatable bonds is 2. The highest BCUT2D eigenvalue weighted by molar-refractivity contribution is 4.91. The normalized spacial score (nSPS) is 26.0. The van der Waals surface area contributed by atoms with Gasteiger partial charge in [-0.25, -0.2) is 0 Å². The molecular weight excluding hydrogens is 181 g/mol. The summed E-state index contributed by atoms with van der Waals surface area (Å²) in [4.78, 5) is 0. The second-order valence-electron chi connectivity index (χ2n) is 3.44. The first-order chi connectivity index (χ1) is 6.00. The second kappa shape index (κ2) is 4.13. The zero-order valence-electron chi connectivity index (χ0n) is 7.22. The van der Waals surface area contributed by atoms with Gasteiger partial charge in [0.05, 0.1) is 0 Å². The van der Waals surface area contributed by atoms with Crippen molar-refractivity contribution in [2.75, 3.05) is 0 Å². The highest BCUT2D eigenvalue weighted by atomic mass is 19.4. The minimum atomic E-state index is -4.46. The smallest absolute Gasteiger partial charge is 0.384 e. The van der Waals surface area contributed by atoms with Gasteiger partial charge in [-0.05, 0) is 31.6 Å². The molecule has 0 fully saturated rings. The van der Waals surface area contributed by atoms with E-state index in [0.29, 0.717) is 6.42 Å². The Morgan fingerprint density at radius 1 is 1.38 bits per heavy atom. The van der Waals surface area contributed by atoms with Crippen LogP contribution in [0.4, 0.5) is 13.2 Å². The second-order valence-corrected chi connectivity index (χ2v) is 3.44. The molecule has 0 radical (unpaired) electrons. The Kier molecular flexibility index (Phi) is 3.36. The maximum absolute atomic E-state index is 11.9. The molecule has 1 aliphatic rings. The van der Waals surface area contributed by atoms with Crippen LogP contribution in [0.5, 0.6) is 0 Å². The molecule has 4 heteroatoms. The highest BCUT2D eigenvalue weighted by Crippen LogP contribution is 2.29. The Bertz CT molecular complexity index is 186. The van der Waals surface area contributed by atoms with Gasteiger partial charge in [0, 0.05) is 0 Å². The Balaban J connectivity index is 2.35. The van der Waals surface area contributed by atoms with Crippen molar-refractivity contribution in [2.45, 2.75) is 38.0 Å². The summed E-state index contributed by atoms with van der Waals surface area (Å²) in [5.74, 6) is -0.0124. The third kappa shape index (κ3) is 3.38. The molecule has 0 aromatic carbocycles. The molecule has 13 heavy (non-hydrogen) atoms. The van der Waals surface area contributed by atoms with E-state index in [0.717, 1.165) is 12.8 Å². The summed E-state index contributed by atoms with van der Waals surface area (Å²) in [7, 11) is 0. The summed E-state index contributed by atoms with van der Waals surface area (Å²) in [6, 6.07) is 0. The van der Waals surface area contributed by atoms with E-state index < -0.39 is 12.3 Å². The molecule has 0 heterocycles. The minimum Gasteiger partial charge on any atom is -0.384 e. The topological polar surface area (TPSA) is 20.2 Å². The molecule has 2 atom stereocenters. The molecule has 0 bridgehead atoms. The molecule has 1 rings (SSSR count). The quantitative estimate of drug-likeness (QED) is 0.670. The zero-order chi connectivity index (χ0) is 9.90. The Hall–Kier alpha value is -0.510. The van der Waals surface area contributed by atoms with Gasteiger partial charge in [0.25, 0.3) is 0 Å². The van der Waals surface area contributed by atoms with Gasteiger partial charge in [0.1, 0.15) is 6.10 Å². The van der Waals surface area contributed by atoms with Crippen molar-refractivity contribution in [1.29, 1.82) is 0 Å². The summed E-state index contributed by atoms with van der Waals surface area (Å²) in [5.41, 5.74) is 0. The summed E-state index contributed by atoms with van der Waals surface area (Å²) in [6.07, 6.45) is -0.668. The van der Waals surface area contributed by atoms with Crippen molar-refractivity contribution >= 4 is 0 Å². The molecule has 0 amide bonds. The lowest BCUT2D eigenvalue weighted by Crippen LogP contribution is -2.30. The van der Waals surface area contributed by atoms with E-state index in [1.165, 1.54) is 0 Å². The molecule has 0 aliphatic heterocycles. The van der Waals surface area contributed by atoms with Crippen molar-refractivity contribution in [1.82, 2.24) is 0 Å². The highest BCUT2D eigenvalue weighted by Gasteiger charge is 2.39. The van der Waals surface area contributed by atoms with Crippen LogP contribution in [0, 0.1) is 5.92 Å². The van der Waals surface area contributed by atoms with E-state index >= 15 is 0 Å². The van der Waals surface area contributed by atoms with E-state index in [4.69, 9.17) is 5.11 Å². The predicted molar refractivity (Wildman–Crippen MR) is 43.2 cm³/mol. The van der Waals surface area contributed by atoms with E-state index in [1.807, 2.05) is 12.2 Å². The number of aliphatic hydroxyl groups excluding tert-OH is 1. The molecular formula is C9H13F3O. The lowest BCUT2D eigenvalue weighted by Gasteiger charge is -2.22. The first-order valence-corrected chi connectivity index (χ1v) is 4.40. The van der Waals surface area contributed by atoms with Crippen LogP contribution in [0.15, 0.2) is 12.2 Å². The fraction of sp³-hybridized carbons (Fsp3) is 0.778. The van der Waals surface area contributed by atoms with Gasteiger partial charge < -0.3 is 5.11 Å². The zero-order valence-corrected chi connectivity index (χ0v) is 7.22. The maximum atomic E-state index is 11.9. The molecule has 1 nitrogen and oxygen atoms in total. The first-order valence-electron chi connectivity index (χ1n) is 4.40. The van der Waals surface area contributed by atoms with Crippen molar-refractivity contribution in [3.63, 3.8) is 0 Å². The lowest BCUT2D eigenvalue weighted by molar-refractivity contribution is -0.208. The van der Waals surface area contributed by atoms with E-state index in [-0.39, 0.29) is 12.3 Å². The van der Waals surface area contributed by atoms with E-state index in [1.54, 1.807) is 0 Å². The molecule has 1 unspecified atom stereocenters. The Labute approximate surface area is 75.3 Å². The van der Waals surface area contributed by atoms with E-state index in [2.05, 4.69) is 0 Å². The summed E-state index contributed by atoms with van der Waals surface area (Å²) in [5, 5.41) is 8.79. The average molecular weight is 194 g/mol. The standard InChI is InChI=1S/C9H13F3O/c10-9(11,12)8(13)6-7-4-2-1-3-5-7/h1-2,7-8,13H,3-6H2/t7?,8-/m1/s1. The van der Waals surface area contributed by atoms with Gasteiger partial charge in [0.2, 0.25) is 0 Å². The maximum Gasteiger partial charge on any atom is 0.414 e. The van der Waals surface area contributed by atoms with Crippen LogP contribution < -0.4 is 0 Å². The number of alkyl halides is 3. The molecule has 0 aromatic heterocycles. The van der Waals surface area contributed by atoms with Crippen LogP contribution in [-0.2, 0) is 0 Å². The minimum absolute atomic E-state index is 0.0124. The molecule has 1 aliphatic carbocycles. The fourth-order valence-corrected chi connectivity index (χ4v) is 1.52. The van der Waals surface area contributed by atoms with Gasteiger partial charge in [-0.1, -0.05) is 12.2 Å². The Morgan fingerprint density at radius 3 is 2.54 bits per heavy atom. The summed E-state index contributed by atoms with van der Waals surface area (Å²) < 4.78 is 35.8. The van der Waals surface area contributed by atoms with Crippen molar-refractivity contribution < 1.29 is 18.3 Å². The van der Waals surface area contributed by atoms with Crippen molar-refractivity contribution in [3.8, 4) is 0 Å². The van der Waals surface area contributed by atoms with Gasteiger partial charge in [-0.2, -0.15) is 13.2 Å². The molecule has 1 N–H and O–H groups in total. The first kappa shape index (κ1) is 10.6. The number of aliphatic hydroxyl groups is 1. The number of hydrogen-bond donors (Lipinski definition) is 1. The van der Waals surface area contributed by atoms with Gasteiger partial charge in [0.15, 0.2) is 0 Å². The monoisotopic (exact) mass is 194 g/mol. The third-order valence-electron chi connectivity index (χ3n) is 2.31.